The second-order valence-corrected chi connectivity index (χ2v) is 7.46. The Bertz CT molecular complexity index is 1090. The van der Waals surface area contributed by atoms with Gasteiger partial charge in [-0.2, -0.15) is 0 Å². The normalized spacial score (nSPS) is 21.7. The van der Waals surface area contributed by atoms with Crippen molar-refractivity contribution in [3.63, 3.8) is 0 Å². The predicted molar refractivity (Wildman–Crippen MR) is 112 cm³/mol. The molecule has 1 aliphatic carbocycles. The van der Waals surface area contributed by atoms with Crippen LogP contribution >= 0.6 is 0 Å². The highest BCUT2D eigenvalue weighted by atomic mass is 16.6. The van der Waals surface area contributed by atoms with E-state index in [-0.39, 0.29) is 28.5 Å². The van der Waals surface area contributed by atoms with Crippen LogP contribution < -0.4 is 10.1 Å². The van der Waals surface area contributed by atoms with E-state index in [1.54, 1.807) is 12.1 Å². The molecule has 0 radical (unpaired) electrons. The lowest BCUT2D eigenvalue weighted by molar-refractivity contribution is -0.385. The number of nitrogens with one attached hydrogen (secondary N) is 1. The van der Waals surface area contributed by atoms with Gasteiger partial charge in [-0.05, 0) is 48.2 Å². The summed E-state index contributed by atoms with van der Waals surface area (Å²) in [5.41, 5.74) is 3.09. The van der Waals surface area contributed by atoms with Crippen LogP contribution in [-0.2, 0) is 0 Å². The molecule has 5 rings (SSSR count). The van der Waals surface area contributed by atoms with Gasteiger partial charge >= 0.3 is 0 Å². The van der Waals surface area contributed by atoms with E-state index in [0.29, 0.717) is 0 Å². The van der Waals surface area contributed by atoms with Crippen LogP contribution in [0.25, 0.3) is 0 Å². The monoisotopic (exact) mass is 384 g/mol. The summed E-state index contributed by atoms with van der Waals surface area (Å²) in [4.78, 5) is 11.3. The third-order valence-electron chi connectivity index (χ3n) is 5.78. The van der Waals surface area contributed by atoms with Crippen molar-refractivity contribution in [2.45, 2.75) is 18.4 Å². The van der Waals surface area contributed by atoms with Crippen LogP contribution in [-0.4, -0.2) is 4.92 Å². The summed E-state index contributed by atoms with van der Waals surface area (Å²) in [6.45, 7) is 0. The first-order valence-corrected chi connectivity index (χ1v) is 9.74. The SMILES string of the molecule is O=[N+]([O-])c1ccccc1C1Nc2ccc(Oc3ccccc3)cc2C2C=CCC21. The van der Waals surface area contributed by atoms with Gasteiger partial charge in [0.25, 0.3) is 5.69 Å². The molecule has 5 heteroatoms. The van der Waals surface area contributed by atoms with Crippen LogP contribution in [0.3, 0.4) is 0 Å². The van der Waals surface area contributed by atoms with E-state index in [2.05, 4.69) is 23.5 Å². The molecule has 3 aromatic rings. The summed E-state index contributed by atoms with van der Waals surface area (Å²) >= 11 is 0. The first-order chi connectivity index (χ1) is 14.2. The van der Waals surface area contributed by atoms with Crippen molar-refractivity contribution in [1.82, 2.24) is 0 Å². The Kier molecular flexibility index (Phi) is 4.28. The van der Waals surface area contributed by atoms with Crippen LogP contribution in [0.15, 0.2) is 84.9 Å². The third kappa shape index (κ3) is 3.14. The summed E-state index contributed by atoms with van der Waals surface area (Å²) in [5.74, 6) is 2.03. The van der Waals surface area contributed by atoms with Gasteiger partial charge in [-0.25, -0.2) is 0 Å². The number of allylic oxidation sites excluding steroid dienone is 2. The van der Waals surface area contributed by atoms with Crippen molar-refractivity contribution < 1.29 is 9.66 Å². The highest BCUT2D eigenvalue weighted by molar-refractivity contribution is 5.63. The number of anilines is 1. The third-order valence-corrected chi connectivity index (χ3v) is 5.78. The first-order valence-electron chi connectivity index (χ1n) is 9.74. The largest absolute Gasteiger partial charge is 0.457 e. The molecule has 1 aliphatic heterocycles. The Labute approximate surface area is 168 Å². The van der Waals surface area contributed by atoms with Crippen LogP contribution in [0.1, 0.15) is 29.5 Å². The molecule has 1 N–H and O–H groups in total. The van der Waals surface area contributed by atoms with Crippen molar-refractivity contribution >= 4 is 11.4 Å². The van der Waals surface area contributed by atoms with Gasteiger partial charge in [0.1, 0.15) is 11.5 Å². The van der Waals surface area contributed by atoms with Gasteiger partial charge in [0, 0.05) is 17.7 Å². The zero-order chi connectivity index (χ0) is 19.8. The molecule has 0 bridgehead atoms. The summed E-state index contributed by atoms with van der Waals surface area (Å²) in [6.07, 6.45) is 5.29. The van der Waals surface area contributed by atoms with E-state index in [4.69, 9.17) is 4.74 Å². The van der Waals surface area contributed by atoms with Gasteiger partial charge < -0.3 is 10.1 Å². The zero-order valence-corrected chi connectivity index (χ0v) is 15.7. The number of nitro groups is 1. The number of fused-ring (bicyclic) bond motifs is 3. The average Bonchev–Trinajstić information content (AvgIpc) is 3.24. The average molecular weight is 384 g/mol. The van der Waals surface area contributed by atoms with Crippen molar-refractivity contribution in [3.8, 4) is 11.5 Å². The second-order valence-electron chi connectivity index (χ2n) is 7.46. The molecule has 0 amide bonds. The van der Waals surface area contributed by atoms with Gasteiger partial charge in [0.15, 0.2) is 0 Å². The summed E-state index contributed by atoms with van der Waals surface area (Å²) in [6, 6.07) is 22.7. The Morgan fingerprint density at radius 3 is 2.55 bits per heavy atom. The van der Waals surface area contributed by atoms with Crippen LogP contribution in [0.4, 0.5) is 11.4 Å². The molecule has 5 nitrogen and oxygen atoms in total. The molecule has 3 aromatic carbocycles. The molecule has 0 aromatic heterocycles. The number of ether oxygens (including phenoxy) is 1. The van der Waals surface area contributed by atoms with E-state index in [9.17, 15) is 10.1 Å². The van der Waals surface area contributed by atoms with Crippen molar-refractivity contribution in [2.75, 3.05) is 5.32 Å². The molecule has 2 aliphatic rings. The van der Waals surface area contributed by atoms with Crippen molar-refractivity contribution in [1.29, 1.82) is 0 Å². The van der Waals surface area contributed by atoms with Crippen molar-refractivity contribution in [2.24, 2.45) is 5.92 Å². The Morgan fingerprint density at radius 2 is 1.72 bits per heavy atom. The zero-order valence-electron chi connectivity index (χ0n) is 15.7. The number of benzene rings is 3. The quantitative estimate of drug-likeness (QED) is 0.330. The van der Waals surface area contributed by atoms with Gasteiger partial charge in [0.2, 0.25) is 0 Å². The molecule has 0 fully saturated rings. The maximum atomic E-state index is 11.6. The molecule has 0 saturated carbocycles. The van der Waals surface area contributed by atoms with E-state index >= 15 is 0 Å². The Balaban J connectivity index is 1.52. The van der Waals surface area contributed by atoms with Crippen LogP contribution in [0.2, 0.25) is 0 Å². The van der Waals surface area contributed by atoms with Crippen LogP contribution in [0, 0.1) is 16.0 Å². The number of hydrogen-bond donors (Lipinski definition) is 1. The van der Waals surface area contributed by atoms with E-state index in [1.165, 1.54) is 5.56 Å². The van der Waals surface area contributed by atoms with Crippen molar-refractivity contribution in [3.05, 3.63) is 106 Å². The molecule has 3 unspecified atom stereocenters. The number of hydrogen-bond acceptors (Lipinski definition) is 4. The van der Waals surface area contributed by atoms with Gasteiger partial charge in [-0.15, -0.1) is 0 Å². The number of rotatable bonds is 4. The Hall–Kier alpha value is -3.60. The van der Waals surface area contributed by atoms with Gasteiger partial charge in [-0.1, -0.05) is 48.6 Å². The highest BCUT2D eigenvalue weighted by Crippen LogP contribution is 2.51. The molecule has 1 heterocycles. The smallest absolute Gasteiger partial charge is 0.274 e. The van der Waals surface area contributed by atoms with E-state index in [1.807, 2.05) is 54.6 Å². The minimum atomic E-state index is -0.291. The fourth-order valence-corrected chi connectivity index (χ4v) is 4.49. The lowest BCUT2D eigenvalue weighted by Gasteiger charge is -2.37. The van der Waals surface area contributed by atoms with E-state index < -0.39 is 0 Å². The lowest BCUT2D eigenvalue weighted by Crippen LogP contribution is -2.29. The number of para-hydroxylation sites is 2. The maximum absolute atomic E-state index is 11.6. The minimum Gasteiger partial charge on any atom is -0.457 e. The molecule has 144 valence electrons. The fourth-order valence-electron chi connectivity index (χ4n) is 4.49. The molecule has 0 saturated heterocycles. The van der Waals surface area contributed by atoms with E-state index in [0.717, 1.165) is 29.2 Å². The molecule has 3 atom stereocenters. The second kappa shape index (κ2) is 7.09. The minimum absolute atomic E-state index is 0.106. The van der Waals surface area contributed by atoms with Gasteiger partial charge in [0.05, 0.1) is 16.5 Å². The topological polar surface area (TPSA) is 64.4 Å². The highest BCUT2D eigenvalue weighted by Gasteiger charge is 2.40. The standard InChI is InChI=1S/C24H20N2O3/c27-26(28)23-12-5-4-9-20(23)24-19-11-6-10-18(19)21-15-17(13-14-22(21)25-24)29-16-7-2-1-3-8-16/h1-10,12-15,18-19,24-25H,11H2. The summed E-state index contributed by atoms with van der Waals surface area (Å²) in [7, 11) is 0. The first kappa shape index (κ1) is 17.5. The number of nitrogens with zero attached hydrogens (tertiary/aromatic N) is 1. The molecular weight excluding hydrogens is 364 g/mol. The molecular formula is C24H20N2O3. The van der Waals surface area contributed by atoms with Gasteiger partial charge in [-0.3, -0.25) is 10.1 Å². The summed E-state index contributed by atoms with van der Waals surface area (Å²) < 4.78 is 6.01. The predicted octanol–water partition coefficient (Wildman–Crippen LogP) is 6.21. The molecule has 29 heavy (non-hydrogen) atoms. The summed E-state index contributed by atoms with van der Waals surface area (Å²) in [5, 5.41) is 15.1. The van der Waals surface area contributed by atoms with Crippen LogP contribution in [0.5, 0.6) is 11.5 Å². The Morgan fingerprint density at radius 1 is 0.931 bits per heavy atom. The molecule has 0 spiro atoms. The number of nitro benzene ring substituents is 1. The fraction of sp³-hybridized carbons (Fsp3) is 0.167. The lowest BCUT2D eigenvalue weighted by atomic mass is 9.76. The maximum Gasteiger partial charge on any atom is 0.274 e.